The molecular weight excluding hydrogens is 244 g/mol. The van der Waals surface area contributed by atoms with E-state index in [9.17, 15) is 4.79 Å². The summed E-state index contributed by atoms with van der Waals surface area (Å²) in [5, 5.41) is 9.43. The summed E-state index contributed by atoms with van der Waals surface area (Å²) in [5.41, 5.74) is 1.32. The summed E-state index contributed by atoms with van der Waals surface area (Å²) in [6.45, 7) is 3.92. The number of fused-ring (bicyclic) bond motifs is 1. The monoisotopic (exact) mass is 262 g/mol. The van der Waals surface area contributed by atoms with Gasteiger partial charge in [0.2, 0.25) is 5.91 Å². The van der Waals surface area contributed by atoms with Crippen molar-refractivity contribution in [2.24, 2.45) is 0 Å². The molecule has 2 rings (SSSR count). The molecule has 0 saturated heterocycles. The molecule has 18 heavy (non-hydrogen) atoms. The average Bonchev–Trinajstić information content (AvgIpc) is 2.80. The summed E-state index contributed by atoms with van der Waals surface area (Å²) in [7, 11) is 0. The lowest BCUT2D eigenvalue weighted by atomic mass is 10.1. The van der Waals surface area contributed by atoms with Crippen molar-refractivity contribution in [1.82, 2.24) is 10.6 Å². The summed E-state index contributed by atoms with van der Waals surface area (Å²) < 4.78 is 1.31. The molecule has 0 bridgehead atoms. The molecule has 0 aliphatic rings. The van der Waals surface area contributed by atoms with E-state index in [-0.39, 0.29) is 5.91 Å². The van der Waals surface area contributed by atoms with Crippen LogP contribution in [0.3, 0.4) is 0 Å². The van der Waals surface area contributed by atoms with E-state index in [4.69, 9.17) is 0 Å². The van der Waals surface area contributed by atoms with Crippen LogP contribution in [0.2, 0.25) is 0 Å². The molecule has 2 aromatic rings. The minimum absolute atomic E-state index is 0.0661. The molecule has 1 aromatic carbocycles. The molecule has 96 valence electrons. The van der Waals surface area contributed by atoms with Crippen LogP contribution in [0.4, 0.5) is 0 Å². The van der Waals surface area contributed by atoms with Crippen molar-refractivity contribution in [2.45, 2.75) is 13.3 Å². The van der Waals surface area contributed by atoms with Crippen LogP contribution in [0.15, 0.2) is 29.6 Å². The van der Waals surface area contributed by atoms with Crippen LogP contribution in [0.25, 0.3) is 10.1 Å². The van der Waals surface area contributed by atoms with Crippen molar-refractivity contribution < 1.29 is 4.79 Å². The molecule has 0 saturated carbocycles. The second kappa shape index (κ2) is 6.52. The Morgan fingerprint density at radius 3 is 3.00 bits per heavy atom. The van der Waals surface area contributed by atoms with Crippen LogP contribution in [-0.2, 0) is 11.2 Å². The van der Waals surface area contributed by atoms with Crippen LogP contribution < -0.4 is 10.6 Å². The van der Waals surface area contributed by atoms with Gasteiger partial charge in [0.05, 0.1) is 6.54 Å². The number of thiophene rings is 1. The maximum Gasteiger partial charge on any atom is 0.233 e. The number of rotatable bonds is 6. The van der Waals surface area contributed by atoms with E-state index < -0.39 is 0 Å². The molecular formula is C14H18N2OS. The van der Waals surface area contributed by atoms with Gasteiger partial charge in [-0.05, 0) is 35.4 Å². The Morgan fingerprint density at radius 2 is 2.17 bits per heavy atom. The summed E-state index contributed by atoms with van der Waals surface area (Å²) in [4.78, 5) is 11.4. The third-order valence-electron chi connectivity index (χ3n) is 2.81. The van der Waals surface area contributed by atoms with E-state index in [1.165, 1.54) is 15.6 Å². The molecule has 2 N–H and O–H groups in total. The van der Waals surface area contributed by atoms with Crippen molar-refractivity contribution >= 4 is 27.3 Å². The molecule has 0 aliphatic carbocycles. The van der Waals surface area contributed by atoms with E-state index in [1.807, 2.05) is 6.92 Å². The van der Waals surface area contributed by atoms with Gasteiger partial charge in [0, 0.05) is 11.2 Å². The molecule has 1 amide bonds. The number of hydrogen-bond donors (Lipinski definition) is 2. The number of likely N-dealkylation sites (N-methyl/N-ethyl adjacent to an activating group) is 1. The van der Waals surface area contributed by atoms with E-state index in [2.05, 4.69) is 40.3 Å². The Kier molecular flexibility index (Phi) is 4.73. The Bertz CT molecular complexity index is 521. The molecule has 0 aliphatic heterocycles. The fourth-order valence-electron chi connectivity index (χ4n) is 1.86. The van der Waals surface area contributed by atoms with Gasteiger partial charge in [0.1, 0.15) is 0 Å². The van der Waals surface area contributed by atoms with Crippen LogP contribution in [0, 0.1) is 0 Å². The van der Waals surface area contributed by atoms with Gasteiger partial charge >= 0.3 is 0 Å². The maximum atomic E-state index is 11.4. The van der Waals surface area contributed by atoms with Gasteiger partial charge in [0.25, 0.3) is 0 Å². The first-order valence-corrected chi connectivity index (χ1v) is 7.11. The molecule has 0 fully saturated rings. The van der Waals surface area contributed by atoms with E-state index in [0.29, 0.717) is 13.1 Å². The van der Waals surface area contributed by atoms with Gasteiger partial charge < -0.3 is 10.6 Å². The molecule has 4 heteroatoms. The molecule has 1 heterocycles. The predicted octanol–water partition coefficient (Wildman–Crippen LogP) is 2.17. The van der Waals surface area contributed by atoms with Crippen molar-refractivity contribution in [1.29, 1.82) is 0 Å². The number of amides is 1. The Morgan fingerprint density at radius 1 is 1.33 bits per heavy atom. The first-order chi connectivity index (χ1) is 8.81. The van der Waals surface area contributed by atoms with Gasteiger partial charge in [-0.2, -0.15) is 0 Å². The van der Waals surface area contributed by atoms with Gasteiger partial charge in [-0.3, -0.25) is 4.79 Å². The smallest absolute Gasteiger partial charge is 0.233 e. The Balaban J connectivity index is 1.85. The highest BCUT2D eigenvalue weighted by molar-refractivity contribution is 7.17. The number of nitrogens with one attached hydrogen (secondary N) is 2. The van der Waals surface area contributed by atoms with Crippen molar-refractivity contribution in [3.8, 4) is 0 Å². The third-order valence-corrected chi connectivity index (χ3v) is 3.83. The highest BCUT2D eigenvalue weighted by Gasteiger charge is 2.04. The van der Waals surface area contributed by atoms with Crippen LogP contribution in [0.1, 0.15) is 12.5 Å². The maximum absolute atomic E-state index is 11.4. The summed E-state index contributed by atoms with van der Waals surface area (Å²) >= 11 is 1.76. The molecule has 1 aromatic heterocycles. The highest BCUT2D eigenvalue weighted by Crippen LogP contribution is 2.25. The second-order valence-electron chi connectivity index (χ2n) is 4.14. The largest absolute Gasteiger partial charge is 0.355 e. The summed E-state index contributed by atoms with van der Waals surface area (Å²) in [6, 6.07) is 8.39. The molecule has 0 unspecified atom stereocenters. The van der Waals surface area contributed by atoms with Crippen LogP contribution in [-0.4, -0.2) is 25.5 Å². The normalized spacial score (nSPS) is 10.7. The lowest BCUT2D eigenvalue weighted by Gasteiger charge is -2.05. The van der Waals surface area contributed by atoms with Gasteiger partial charge in [0.15, 0.2) is 0 Å². The van der Waals surface area contributed by atoms with E-state index >= 15 is 0 Å². The molecule has 0 radical (unpaired) electrons. The number of hydrogen-bond acceptors (Lipinski definition) is 3. The van der Waals surface area contributed by atoms with Crippen LogP contribution in [0.5, 0.6) is 0 Å². The third kappa shape index (κ3) is 3.31. The van der Waals surface area contributed by atoms with Crippen molar-refractivity contribution in [3.05, 3.63) is 35.2 Å². The minimum atomic E-state index is 0.0661. The minimum Gasteiger partial charge on any atom is -0.355 e. The topological polar surface area (TPSA) is 41.1 Å². The van der Waals surface area contributed by atoms with Crippen molar-refractivity contribution in [3.63, 3.8) is 0 Å². The fourth-order valence-corrected chi connectivity index (χ4v) is 2.86. The molecule has 0 spiro atoms. The SMILES string of the molecule is CCNCC(=O)NCCc1csc2ccccc12. The number of carbonyl (C=O) groups excluding carboxylic acids is 1. The zero-order valence-electron chi connectivity index (χ0n) is 10.5. The van der Waals surface area contributed by atoms with Gasteiger partial charge in [-0.15, -0.1) is 11.3 Å². The van der Waals surface area contributed by atoms with Crippen molar-refractivity contribution in [2.75, 3.05) is 19.6 Å². The lowest BCUT2D eigenvalue weighted by molar-refractivity contribution is -0.120. The Labute approximate surface area is 111 Å². The summed E-state index contributed by atoms with van der Waals surface area (Å²) in [5.74, 6) is 0.0661. The first-order valence-electron chi connectivity index (χ1n) is 6.23. The van der Waals surface area contributed by atoms with Gasteiger partial charge in [-0.1, -0.05) is 25.1 Å². The average molecular weight is 262 g/mol. The number of carbonyl (C=O) groups is 1. The number of benzene rings is 1. The fraction of sp³-hybridized carbons (Fsp3) is 0.357. The molecule has 0 atom stereocenters. The predicted molar refractivity (Wildman–Crippen MR) is 77.1 cm³/mol. The van der Waals surface area contributed by atoms with E-state index in [0.717, 1.165) is 13.0 Å². The second-order valence-corrected chi connectivity index (χ2v) is 5.05. The quantitative estimate of drug-likeness (QED) is 0.837. The van der Waals surface area contributed by atoms with E-state index in [1.54, 1.807) is 11.3 Å². The van der Waals surface area contributed by atoms with Crippen LogP contribution >= 0.6 is 11.3 Å². The zero-order valence-corrected chi connectivity index (χ0v) is 11.3. The van der Waals surface area contributed by atoms with Gasteiger partial charge in [-0.25, -0.2) is 0 Å². The zero-order chi connectivity index (χ0) is 12.8. The Hall–Kier alpha value is -1.39. The lowest BCUT2D eigenvalue weighted by Crippen LogP contribution is -2.34. The molecule has 3 nitrogen and oxygen atoms in total. The first kappa shape index (κ1) is 13.1. The summed E-state index contributed by atoms with van der Waals surface area (Å²) in [6.07, 6.45) is 0.891. The highest BCUT2D eigenvalue weighted by atomic mass is 32.1. The standard InChI is InChI=1S/C14H18N2OS/c1-2-15-9-14(17)16-8-7-11-10-18-13-6-4-3-5-12(11)13/h3-6,10,15H,2,7-9H2,1H3,(H,16,17).